The highest BCUT2D eigenvalue weighted by Crippen LogP contribution is 2.10. The van der Waals surface area contributed by atoms with Gasteiger partial charge >= 0.3 is 0 Å². The topological polar surface area (TPSA) is 88.8 Å². The van der Waals surface area contributed by atoms with Crippen LogP contribution in [0, 0.1) is 0 Å². The molecule has 0 spiro atoms. The Morgan fingerprint density at radius 2 is 2.10 bits per heavy atom. The number of nitrogens with one attached hydrogen (secondary N) is 1. The second kappa shape index (κ2) is 6.71. The van der Waals surface area contributed by atoms with Crippen LogP contribution in [0.15, 0.2) is 51.9 Å². The van der Waals surface area contributed by atoms with Crippen molar-refractivity contribution >= 4 is 11.6 Å². The molecule has 0 fully saturated rings. The molecule has 2 aromatic rings. The second-order valence-electron chi connectivity index (χ2n) is 4.35. The predicted molar refractivity (Wildman–Crippen MR) is 76.1 cm³/mol. The molecule has 0 bridgehead atoms. The van der Waals surface area contributed by atoms with E-state index in [0.29, 0.717) is 5.69 Å². The van der Waals surface area contributed by atoms with E-state index in [2.05, 4.69) is 5.32 Å². The quantitative estimate of drug-likeness (QED) is 0.871. The molecule has 1 atom stereocenters. The van der Waals surface area contributed by atoms with Gasteiger partial charge < -0.3 is 19.6 Å². The highest BCUT2D eigenvalue weighted by Gasteiger charge is 2.17. The van der Waals surface area contributed by atoms with E-state index in [1.54, 1.807) is 24.3 Å². The Morgan fingerprint density at radius 3 is 2.71 bits per heavy atom. The summed E-state index contributed by atoms with van der Waals surface area (Å²) in [4.78, 5) is 23.6. The molecule has 21 heavy (non-hydrogen) atoms. The maximum atomic E-state index is 11.9. The number of amides is 1. The first-order valence-corrected chi connectivity index (χ1v) is 6.35. The number of para-hydroxylation sites is 1. The van der Waals surface area contributed by atoms with Crippen molar-refractivity contribution in [3.63, 3.8) is 0 Å². The Bertz CT molecular complexity index is 665. The molecule has 6 heteroatoms. The minimum absolute atomic E-state index is 0.0806. The van der Waals surface area contributed by atoms with E-state index >= 15 is 0 Å². The Balaban J connectivity index is 2.02. The van der Waals surface area contributed by atoms with E-state index in [1.807, 2.05) is 6.07 Å². The summed E-state index contributed by atoms with van der Waals surface area (Å²) < 4.78 is 10.3. The zero-order chi connectivity index (χ0) is 15.2. The van der Waals surface area contributed by atoms with Gasteiger partial charge in [-0.05, 0) is 19.1 Å². The van der Waals surface area contributed by atoms with Crippen LogP contribution in [0.2, 0.25) is 0 Å². The monoisotopic (exact) mass is 289 g/mol. The number of aliphatic hydroxyl groups is 1. The van der Waals surface area contributed by atoms with Gasteiger partial charge in [-0.1, -0.05) is 18.2 Å². The van der Waals surface area contributed by atoms with Crippen LogP contribution in [0.25, 0.3) is 0 Å². The number of hydrogen-bond donors (Lipinski definition) is 2. The third-order valence-electron chi connectivity index (χ3n) is 2.72. The maximum Gasteiger partial charge on any atom is 0.265 e. The summed E-state index contributed by atoms with van der Waals surface area (Å²) in [6, 6.07) is 10.0. The first kappa shape index (κ1) is 14.8. The molecular formula is C15H15NO5. The summed E-state index contributed by atoms with van der Waals surface area (Å²) in [7, 11) is 0. The fourth-order valence-corrected chi connectivity index (χ4v) is 1.62. The van der Waals surface area contributed by atoms with Crippen LogP contribution in [0.5, 0.6) is 5.75 Å². The Morgan fingerprint density at radius 1 is 1.38 bits per heavy atom. The van der Waals surface area contributed by atoms with E-state index in [4.69, 9.17) is 14.3 Å². The minimum atomic E-state index is -0.868. The molecule has 0 aliphatic rings. The number of ether oxygens (including phenoxy) is 1. The SMILES string of the molecule is CC(Oc1coc(CO)cc1=O)C(=O)Nc1ccccc1. The molecule has 0 aliphatic carbocycles. The van der Waals surface area contributed by atoms with Gasteiger partial charge in [0, 0.05) is 11.8 Å². The van der Waals surface area contributed by atoms with Crippen molar-refractivity contribution in [2.45, 2.75) is 19.6 Å². The van der Waals surface area contributed by atoms with E-state index in [1.165, 1.54) is 6.92 Å². The maximum absolute atomic E-state index is 11.9. The molecule has 1 aromatic heterocycles. The van der Waals surface area contributed by atoms with Crippen molar-refractivity contribution in [2.24, 2.45) is 0 Å². The molecule has 1 aromatic carbocycles. The molecule has 1 heterocycles. The van der Waals surface area contributed by atoms with Crippen LogP contribution in [0.3, 0.4) is 0 Å². The van der Waals surface area contributed by atoms with Crippen molar-refractivity contribution in [1.82, 2.24) is 0 Å². The van der Waals surface area contributed by atoms with E-state index in [-0.39, 0.29) is 24.0 Å². The molecule has 0 saturated heterocycles. The van der Waals surface area contributed by atoms with Gasteiger partial charge in [-0.2, -0.15) is 0 Å². The van der Waals surface area contributed by atoms with Crippen molar-refractivity contribution in [2.75, 3.05) is 5.32 Å². The van der Waals surface area contributed by atoms with Crippen LogP contribution >= 0.6 is 0 Å². The van der Waals surface area contributed by atoms with Gasteiger partial charge in [0.15, 0.2) is 6.10 Å². The zero-order valence-electron chi connectivity index (χ0n) is 11.4. The summed E-state index contributed by atoms with van der Waals surface area (Å²) in [5, 5.41) is 11.5. The van der Waals surface area contributed by atoms with Crippen LogP contribution in [0.4, 0.5) is 5.69 Å². The van der Waals surface area contributed by atoms with Gasteiger partial charge in [0.1, 0.15) is 18.6 Å². The molecule has 2 rings (SSSR count). The summed E-state index contributed by atoms with van der Waals surface area (Å²) in [6.45, 7) is 1.15. The lowest BCUT2D eigenvalue weighted by Gasteiger charge is -2.13. The fourth-order valence-electron chi connectivity index (χ4n) is 1.62. The number of carbonyl (C=O) groups is 1. The third kappa shape index (κ3) is 3.93. The van der Waals surface area contributed by atoms with E-state index in [9.17, 15) is 9.59 Å². The first-order chi connectivity index (χ1) is 10.1. The number of hydrogen-bond acceptors (Lipinski definition) is 5. The van der Waals surface area contributed by atoms with E-state index in [0.717, 1.165) is 12.3 Å². The lowest BCUT2D eigenvalue weighted by atomic mass is 10.3. The molecule has 0 radical (unpaired) electrons. The third-order valence-corrected chi connectivity index (χ3v) is 2.72. The molecule has 110 valence electrons. The van der Waals surface area contributed by atoms with Crippen LogP contribution < -0.4 is 15.5 Å². The largest absolute Gasteiger partial charge is 0.474 e. The summed E-state index contributed by atoms with van der Waals surface area (Å²) in [5.41, 5.74) is 0.185. The van der Waals surface area contributed by atoms with Crippen LogP contribution in [-0.2, 0) is 11.4 Å². The van der Waals surface area contributed by atoms with Gasteiger partial charge in [-0.25, -0.2) is 0 Å². The first-order valence-electron chi connectivity index (χ1n) is 6.35. The number of carbonyl (C=O) groups excluding carboxylic acids is 1. The van der Waals surface area contributed by atoms with Crippen molar-refractivity contribution < 1.29 is 19.1 Å². The summed E-state index contributed by atoms with van der Waals surface area (Å²) in [6.07, 6.45) is 0.216. The lowest BCUT2D eigenvalue weighted by molar-refractivity contribution is -0.122. The molecule has 2 N–H and O–H groups in total. The van der Waals surface area contributed by atoms with Crippen LogP contribution in [-0.4, -0.2) is 17.1 Å². The average Bonchev–Trinajstić information content (AvgIpc) is 2.50. The smallest absolute Gasteiger partial charge is 0.265 e. The van der Waals surface area contributed by atoms with E-state index < -0.39 is 11.5 Å². The zero-order valence-corrected chi connectivity index (χ0v) is 11.4. The minimum Gasteiger partial charge on any atom is -0.474 e. The summed E-state index contributed by atoms with van der Waals surface area (Å²) in [5.74, 6) is -0.330. The van der Waals surface area contributed by atoms with Crippen LogP contribution in [0.1, 0.15) is 12.7 Å². The molecule has 1 amide bonds. The fraction of sp³-hybridized carbons (Fsp3) is 0.200. The van der Waals surface area contributed by atoms with Gasteiger partial charge in [0.05, 0.1) is 0 Å². The molecule has 0 aliphatic heterocycles. The number of anilines is 1. The Kier molecular flexibility index (Phi) is 4.73. The van der Waals surface area contributed by atoms with Crippen molar-refractivity contribution in [3.8, 4) is 5.75 Å². The van der Waals surface area contributed by atoms with Gasteiger partial charge in [0.2, 0.25) is 11.2 Å². The highest BCUT2D eigenvalue weighted by molar-refractivity contribution is 5.94. The molecule has 6 nitrogen and oxygen atoms in total. The Labute approximate surface area is 121 Å². The standard InChI is InChI=1S/C15H15NO5/c1-10(15(19)16-11-5-3-2-4-6-11)21-14-9-20-12(8-17)7-13(14)18/h2-7,9-10,17H,8H2,1H3,(H,16,19). The highest BCUT2D eigenvalue weighted by atomic mass is 16.5. The molecular weight excluding hydrogens is 274 g/mol. The normalized spacial score (nSPS) is 11.7. The second-order valence-corrected chi connectivity index (χ2v) is 4.35. The average molecular weight is 289 g/mol. The van der Waals surface area contributed by atoms with Crippen molar-refractivity contribution in [3.05, 3.63) is 58.6 Å². The number of rotatable bonds is 5. The number of benzene rings is 1. The van der Waals surface area contributed by atoms with Gasteiger partial charge in [-0.3, -0.25) is 9.59 Å². The summed E-state index contributed by atoms with van der Waals surface area (Å²) >= 11 is 0. The Hall–Kier alpha value is -2.60. The molecule has 0 saturated carbocycles. The van der Waals surface area contributed by atoms with Gasteiger partial charge in [0.25, 0.3) is 5.91 Å². The predicted octanol–water partition coefficient (Wildman–Crippen LogP) is 1.54. The lowest BCUT2D eigenvalue weighted by Crippen LogP contribution is -2.31. The molecule has 1 unspecified atom stereocenters. The van der Waals surface area contributed by atoms with Crippen molar-refractivity contribution in [1.29, 1.82) is 0 Å². The van der Waals surface area contributed by atoms with Gasteiger partial charge in [-0.15, -0.1) is 0 Å². The number of aliphatic hydroxyl groups excluding tert-OH is 1.